The van der Waals surface area contributed by atoms with Gasteiger partial charge in [-0.25, -0.2) is 0 Å². The van der Waals surface area contributed by atoms with Gasteiger partial charge in [-0.1, -0.05) is 0 Å². The van der Waals surface area contributed by atoms with Gasteiger partial charge in [0.25, 0.3) is 0 Å². The molecule has 2 heterocycles. The minimum Gasteiger partial charge on any atom is -0.493 e. The smallest absolute Gasteiger partial charge is 0.249 e. The van der Waals surface area contributed by atoms with Crippen LogP contribution in [0.4, 0.5) is 17.5 Å². The Morgan fingerprint density at radius 1 is 1.13 bits per heavy atom. The number of aromatic nitrogens is 3. The van der Waals surface area contributed by atoms with Gasteiger partial charge in [-0.3, -0.25) is 0 Å². The fraction of sp³-hybridized carbons (Fsp3) is 0.400. The van der Waals surface area contributed by atoms with E-state index in [1.807, 2.05) is 18.2 Å². The van der Waals surface area contributed by atoms with Crippen LogP contribution < -0.4 is 19.7 Å². The van der Waals surface area contributed by atoms with Crippen LogP contribution in [0.1, 0.15) is 0 Å². The average Bonchev–Trinajstić information content (AvgIpc) is 2.62. The minimum absolute atomic E-state index is 0.432. The second-order valence-electron chi connectivity index (χ2n) is 4.93. The summed E-state index contributed by atoms with van der Waals surface area (Å²) in [4.78, 5) is 6.63. The fourth-order valence-corrected chi connectivity index (χ4v) is 2.34. The van der Waals surface area contributed by atoms with Gasteiger partial charge >= 0.3 is 0 Å². The number of nitrogens with one attached hydrogen (secondary N) is 1. The molecule has 23 heavy (non-hydrogen) atoms. The van der Waals surface area contributed by atoms with Gasteiger partial charge in [-0.2, -0.15) is 10.1 Å². The maximum Gasteiger partial charge on any atom is 0.249 e. The zero-order valence-electron chi connectivity index (χ0n) is 13.2. The van der Waals surface area contributed by atoms with Crippen molar-refractivity contribution in [2.75, 3.05) is 50.7 Å². The lowest BCUT2D eigenvalue weighted by atomic mass is 10.3. The van der Waals surface area contributed by atoms with E-state index >= 15 is 0 Å². The number of benzene rings is 1. The average molecular weight is 317 g/mol. The Kier molecular flexibility index (Phi) is 4.72. The molecule has 0 spiro atoms. The van der Waals surface area contributed by atoms with Crippen LogP contribution in [-0.2, 0) is 4.74 Å². The molecule has 1 aromatic heterocycles. The molecule has 1 saturated heterocycles. The van der Waals surface area contributed by atoms with Crippen molar-refractivity contribution >= 4 is 17.5 Å². The van der Waals surface area contributed by atoms with Gasteiger partial charge in [0.1, 0.15) is 0 Å². The van der Waals surface area contributed by atoms with Crippen LogP contribution in [-0.4, -0.2) is 55.7 Å². The molecule has 0 atom stereocenters. The molecule has 8 nitrogen and oxygen atoms in total. The molecule has 1 N–H and O–H groups in total. The molecule has 8 heteroatoms. The number of hydrogen-bond acceptors (Lipinski definition) is 8. The maximum atomic E-state index is 5.35. The summed E-state index contributed by atoms with van der Waals surface area (Å²) in [7, 11) is 3.20. The van der Waals surface area contributed by atoms with Gasteiger partial charge in [0, 0.05) is 24.8 Å². The fourth-order valence-electron chi connectivity index (χ4n) is 2.34. The quantitative estimate of drug-likeness (QED) is 0.888. The van der Waals surface area contributed by atoms with Crippen molar-refractivity contribution in [2.45, 2.75) is 0 Å². The summed E-state index contributed by atoms with van der Waals surface area (Å²) in [5, 5.41) is 11.2. The predicted octanol–water partition coefficient (Wildman–Crippen LogP) is 1.47. The Labute approximate surface area is 134 Å². The van der Waals surface area contributed by atoms with Gasteiger partial charge < -0.3 is 24.4 Å². The molecule has 2 aromatic rings. The summed E-state index contributed by atoms with van der Waals surface area (Å²) >= 11 is 0. The first-order valence-corrected chi connectivity index (χ1v) is 7.31. The van der Waals surface area contributed by atoms with Crippen molar-refractivity contribution in [2.24, 2.45) is 0 Å². The largest absolute Gasteiger partial charge is 0.493 e. The van der Waals surface area contributed by atoms with Crippen molar-refractivity contribution in [3.05, 3.63) is 24.4 Å². The van der Waals surface area contributed by atoms with Gasteiger partial charge in [0.05, 0.1) is 33.6 Å². The Balaban J connectivity index is 1.77. The Morgan fingerprint density at radius 2 is 1.91 bits per heavy atom. The third-order valence-corrected chi connectivity index (χ3v) is 3.52. The number of ether oxygens (including phenoxy) is 3. The Hall–Kier alpha value is -2.61. The summed E-state index contributed by atoms with van der Waals surface area (Å²) in [6.45, 7) is 2.99. The van der Waals surface area contributed by atoms with Crippen LogP contribution in [0.5, 0.6) is 11.5 Å². The van der Waals surface area contributed by atoms with Crippen molar-refractivity contribution in [1.82, 2.24) is 15.2 Å². The summed E-state index contributed by atoms with van der Waals surface area (Å²) < 4.78 is 15.9. The van der Waals surface area contributed by atoms with Crippen LogP contribution in [0.3, 0.4) is 0 Å². The second kappa shape index (κ2) is 7.10. The summed E-state index contributed by atoms with van der Waals surface area (Å²) in [6.07, 6.45) is 1.66. The van der Waals surface area contributed by atoms with E-state index in [2.05, 4.69) is 25.4 Å². The number of morpholine rings is 1. The highest BCUT2D eigenvalue weighted by atomic mass is 16.5. The number of hydrogen-bond donors (Lipinski definition) is 1. The van der Waals surface area contributed by atoms with Crippen LogP contribution in [0.25, 0.3) is 0 Å². The number of methoxy groups -OCH3 is 2. The Morgan fingerprint density at radius 3 is 2.65 bits per heavy atom. The highest BCUT2D eigenvalue weighted by Gasteiger charge is 2.14. The molecule has 0 amide bonds. The van der Waals surface area contributed by atoms with E-state index in [0.29, 0.717) is 30.7 Å². The zero-order valence-corrected chi connectivity index (χ0v) is 13.2. The van der Waals surface area contributed by atoms with Crippen LogP contribution >= 0.6 is 0 Å². The lowest BCUT2D eigenvalue weighted by Gasteiger charge is -2.27. The van der Waals surface area contributed by atoms with E-state index in [9.17, 15) is 0 Å². The normalized spacial score (nSPS) is 14.4. The van der Waals surface area contributed by atoms with E-state index in [4.69, 9.17) is 14.2 Å². The molecule has 0 unspecified atom stereocenters. The standard InChI is InChI=1S/C15H19N5O3/c1-21-12-4-3-11(9-13(12)22-2)17-15-18-14(10-16-19-15)20-5-7-23-8-6-20/h3-4,9-10H,5-8H2,1-2H3,(H,17,18,19). The predicted molar refractivity (Wildman–Crippen MR) is 85.7 cm³/mol. The number of anilines is 3. The molecule has 0 aliphatic carbocycles. The summed E-state index contributed by atoms with van der Waals surface area (Å²) in [5.41, 5.74) is 0.795. The summed E-state index contributed by atoms with van der Waals surface area (Å²) in [6, 6.07) is 5.51. The SMILES string of the molecule is COc1ccc(Nc2nncc(N3CCOCC3)n2)cc1OC. The van der Waals surface area contributed by atoms with Gasteiger partial charge in [-0.15, -0.1) is 5.10 Å². The van der Waals surface area contributed by atoms with Gasteiger partial charge in [0.2, 0.25) is 5.95 Å². The molecular weight excluding hydrogens is 298 g/mol. The first kappa shape index (κ1) is 15.3. The van der Waals surface area contributed by atoms with E-state index in [1.165, 1.54) is 0 Å². The topological polar surface area (TPSA) is 81.6 Å². The Bertz CT molecular complexity index is 661. The molecule has 0 saturated carbocycles. The monoisotopic (exact) mass is 317 g/mol. The number of rotatable bonds is 5. The van der Waals surface area contributed by atoms with Crippen LogP contribution in [0.2, 0.25) is 0 Å². The van der Waals surface area contributed by atoms with Crippen LogP contribution in [0, 0.1) is 0 Å². The second-order valence-corrected chi connectivity index (χ2v) is 4.93. The lowest BCUT2D eigenvalue weighted by Crippen LogP contribution is -2.36. The van der Waals surface area contributed by atoms with E-state index in [0.717, 1.165) is 24.6 Å². The third-order valence-electron chi connectivity index (χ3n) is 3.52. The zero-order chi connectivity index (χ0) is 16.1. The third kappa shape index (κ3) is 3.59. The maximum absolute atomic E-state index is 5.35. The molecule has 1 aliphatic heterocycles. The number of nitrogens with zero attached hydrogens (tertiary/aromatic N) is 4. The first-order chi connectivity index (χ1) is 11.3. The van der Waals surface area contributed by atoms with Crippen molar-refractivity contribution in [1.29, 1.82) is 0 Å². The molecule has 122 valence electrons. The van der Waals surface area contributed by atoms with Gasteiger partial charge in [-0.05, 0) is 12.1 Å². The highest BCUT2D eigenvalue weighted by molar-refractivity contribution is 5.60. The van der Waals surface area contributed by atoms with Crippen LogP contribution in [0.15, 0.2) is 24.4 Å². The van der Waals surface area contributed by atoms with E-state index in [1.54, 1.807) is 20.4 Å². The molecular formula is C15H19N5O3. The highest BCUT2D eigenvalue weighted by Crippen LogP contribution is 2.30. The van der Waals surface area contributed by atoms with Crippen molar-refractivity contribution < 1.29 is 14.2 Å². The molecule has 0 bridgehead atoms. The lowest BCUT2D eigenvalue weighted by molar-refractivity contribution is 0.122. The van der Waals surface area contributed by atoms with Crippen molar-refractivity contribution in [3.63, 3.8) is 0 Å². The first-order valence-electron chi connectivity index (χ1n) is 7.31. The molecule has 1 fully saturated rings. The molecule has 0 radical (unpaired) electrons. The molecule has 1 aromatic carbocycles. The minimum atomic E-state index is 0.432. The molecule has 3 rings (SSSR count). The van der Waals surface area contributed by atoms with Gasteiger partial charge in [0.15, 0.2) is 17.3 Å². The van der Waals surface area contributed by atoms with E-state index in [-0.39, 0.29) is 0 Å². The summed E-state index contributed by atoms with van der Waals surface area (Å²) in [5.74, 6) is 2.52. The molecule has 1 aliphatic rings. The van der Waals surface area contributed by atoms with E-state index < -0.39 is 0 Å². The van der Waals surface area contributed by atoms with Crippen molar-refractivity contribution in [3.8, 4) is 11.5 Å².